The zero-order valence-corrected chi connectivity index (χ0v) is 15.6. The van der Waals surface area contributed by atoms with Gasteiger partial charge in [0, 0.05) is 5.92 Å². The fraction of sp³-hybridized carbons (Fsp3) is 0.632. The molecule has 3 heterocycles. The molecule has 1 aromatic rings. The summed E-state index contributed by atoms with van der Waals surface area (Å²) in [6.07, 6.45) is 0.622. The minimum atomic E-state index is -0.575. The first-order chi connectivity index (χ1) is 12.2. The predicted octanol–water partition coefficient (Wildman–Crippen LogP) is 3.13. The van der Waals surface area contributed by atoms with Crippen LogP contribution in [0.15, 0.2) is 12.1 Å². The number of hydrogen-bond acceptors (Lipinski definition) is 5. The number of aromatic nitrogens is 1. The summed E-state index contributed by atoms with van der Waals surface area (Å²) in [6, 6.07) is 2.30. The smallest absolute Gasteiger partial charge is 0.410 e. The van der Waals surface area contributed by atoms with Crippen LogP contribution >= 0.6 is 0 Å². The van der Waals surface area contributed by atoms with E-state index in [4.69, 9.17) is 9.47 Å². The number of amides is 1. The fourth-order valence-electron chi connectivity index (χ4n) is 3.63. The van der Waals surface area contributed by atoms with Gasteiger partial charge in [-0.3, -0.25) is 9.69 Å². The molecular weight excluding hydrogens is 339 g/mol. The summed E-state index contributed by atoms with van der Waals surface area (Å²) < 4.78 is 24.5. The van der Waals surface area contributed by atoms with E-state index in [0.29, 0.717) is 26.1 Å². The van der Waals surface area contributed by atoms with Gasteiger partial charge in [-0.25, -0.2) is 14.2 Å². The number of pyridine rings is 1. The second-order valence-electron chi connectivity index (χ2n) is 8.03. The van der Waals surface area contributed by atoms with Crippen molar-refractivity contribution in [2.24, 2.45) is 5.92 Å². The summed E-state index contributed by atoms with van der Waals surface area (Å²) in [5, 5.41) is 0. The van der Waals surface area contributed by atoms with E-state index in [1.165, 1.54) is 12.1 Å². The van der Waals surface area contributed by atoms with Crippen molar-refractivity contribution in [1.29, 1.82) is 0 Å². The van der Waals surface area contributed by atoms with E-state index < -0.39 is 11.4 Å². The molecule has 7 heteroatoms. The number of rotatable bonds is 2. The second-order valence-corrected chi connectivity index (χ2v) is 8.03. The van der Waals surface area contributed by atoms with Crippen molar-refractivity contribution >= 4 is 11.9 Å². The first-order valence-electron chi connectivity index (χ1n) is 8.92. The molecule has 6 nitrogen and oxygen atoms in total. The molecule has 2 fully saturated rings. The van der Waals surface area contributed by atoms with E-state index in [1.807, 2.05) is 20.8 Å². The van der Waals surface area contributed by atoms with Crippen LogP contribution in [-0.2, 0) is 9.47 Å². The number of ether oxygens (including phenoxy) is 2. The van der Waals surface area contributed by atoms with Gasteiger partial charge in [0.2, 0.25) is 0 Å². The van der Waals surface area contributed by atoms with Crippen molar-refractivity contribution in [2.75, 3.05) is 13.2 Å². The maximum absolute atomic E-state index is 13.4. The summed E-state index contributed by atoms with van der Waals surface area (Å²) in [4.78, 5) is 31.2. The number of nitrogens with zero attached hydrogens (tertiary/aromatic N) is 2. The van der Waals surface area contributed by atoms with E-state index >= 15 is 0 Å². The first kappa shape index (κ1) is 18.8. The lowest BCUT2D eigenvalue weighted by Gasteiger charge is -2.47. The van der Waals surface area contributed by atoms with E-state index in [1.54, 1.807) is 11.8 Å². The molecule has 2 unspecified atom stereocenters. The van der Waals surface area contributed by atoms with Crippen LogP contribution in [0.1, 0.15) is 49.8 Å². The van der Waals surface area contributed by atoms with Crippen molar-refractivity contribution in [1.82, 2.24) is 9.88 Å². The SMILES string of the molecule is Cc1nc(C(=O)C2CC3COCC(C2)N3C(=O)OC(C)(C)C)ccc1F. The Labute approximate surface area is 152 Å². The average Bonchev–Trinajstić information content (AvgIpc) is 2.54. The predicted molar refractivity (Wildman–Crippen MR) is 92.5 cm³/mol. The minimum Gasteiger partial charge on any atom is -0.444 e. The lowest BCUT2D eigenvalue weighted by atomic mass is 9.81. The Bertz CT molecular complexity index is 702. The molecule has 0 N–H and O–H groups in total. The maximum Gasteiger partial charge on any atom is 0.410 e. The molecule has 0 aromatic carbocycles. The molecule has 3 rings (SSSR count). The Kier molecular flexibility index (Phi) is 5.01. The molecule has 1 aromatic heterocycles. The maximum atomic E-state index is 13.4. The molecule has 0 saturated carbocycles. The van der Waals surface area contributed by atoms with Crippen LogP contribution in [0.25, 0.3) is 0 Å². The van der Waals surface area contributed by atoms with Crippen LogP contribution in [0.3, 0.4) is 0 Å². The lowest BCUT2D eigenvalue weighted by molar-refractivity contribution is -0.0861. The van der Waals surface area contributed by atoms with Gasteiger partial charge >= 0.3 is 6.09 Å². The van der Waals surface area contributed by atoms with Gasteiger partial charge in [0.25, 0.3) is 0 Å². The van der Waals surface area contributed by atoms with E-state index in [0.717, 1.165) is 0 Å². The van der Waals surface area contributed by atoms with Gasteiger partial charge in [0.05, 0.1) is 31.0 Å². The number of morpholine rings is 1. The normalized spacial score (nSPS) is 25.7. The molecule has 2 bridgehead atoms. The third kappa shape index (κ3) is 3.87. The van der Waals surface area contributed by atoms with Crippen LogP contribution in [0.2, 0.25) is 0 Å². The highest BCUT2D eigenvalue weighted by Crippen LogP contribution is 2.34. The summed E-state index contributed by atoms with van der Waals surface area (Å²) in [7, 11) is 0. The largest absolute Gasteiger partial charge is 0.444 e. The summed E-state index contributed by atoms with van der Waals surface area (Å²) in [6.45, 7) is 7.80. The van der Waals surface area contributed by atoms with Crippen LogP contribution in [-0.4, -0.2) is 52.7 Å². The van der Waals surface area contributed by atoms with Crippen molar-refractivity contribution in [3.05, 3.63) is 29.3 Å². The standard InChI is InChI=1S/C19H25FN2O4/c1-11-15(20)5-6-16(21-11)17(23)12-7-13-9-25-10-14(8-12)22(13)18(24)26-19(2,3)4/h5-6,12-14H,7-10H2,1-4H3. The van der Waals surface area contributed by atoms with Crippen molar-refractivity contribution in [2.45, 2.75) is 58.2 Å². The van der Waals surface area contributed by atoms with Gasteiger partial charge < -0.3 is 9.47 Å². The molecule has 142 valence electrons. The van der Waals surface area contributed by atoms with Crippen LogP contribution in [0.4, 0.5) is 9.18 Å². The highest BCUT2D eigenvalue weighted by molar-refractivity contribution is 5.96. The van der Waals surface area contributed by atoms with Crippen molar-refractivity contribution < 1.29 is 23.5 Å². The Morgan fingerprint density at radius 2 is 1.85 bits per heavy atom. The molecule has 2 saturated heterocycles. The van der Waals surface area contributed by atoms with Crippen LogP contribution < -0.4 is 0 Å². The van der Waals surface area contributed by atoms with Crippen LogP contribution in [0, 0.1) is 18.7 Å². The Hall–Kier alpha value is -2.02. The number of Topliss-reactive ketones (excluding diaryl/α,β-unsaturated/α-hetero) is 1. The van der Waals surface area contributed by atoms with Gasteiger partial charge in [-0.05, 0) is 52.7 Å². The highest BCUT2D eigenvalue weighted by atomic mass is 19.1. The lowest BCUT2D eigenvalue weighted by Crippen LogP contribution is -2.60. The Balaban J connectivity index is 1.75. The number of hydrogen-bond donors (Lipinski definition) is 0. The molecule has 2 aliphatic heterocycles. The quantitative estimate of drug-likeness (QED) is 0.754. The first-order valence-corrected chi connectivity index (χ1v) is 8.92. The molecule has 0 aliphatic carbocycles. The molecule has 0 spiro atoms. The molecular formula is C19H25FN2O4. The molecule has 1 amide bonds. The Morgan fingerprint density at radius 3 is 2.38 bits per heavy atom. The summed E-state index contributed by atoms with van der Waals surface area (Å²) >= 11 is 0. The average molecular weight is 364 g/mol. The zero-order chi connectivity index (χ0) is 19.1. The highest BCUT2D eigenvalue weighted by Gasteiger charge is 2.45. The number of piperidine rings is 1. The molecule has 26 heavy (non-hydrogen) atoms. The third-order valence-electron chi connectivity index (χ3n) is 4.77. The van der Waals surface area contributed by atoms with Gasteiger partial charge in [-0.15, -0.1) is 0 Å². The number of fused-ring (bicyclic) bond motifs is 2. The number of ketones is 1. The summed E-state index contributed by atoms with van der Waals surface area (Å²) in [5.74, 6) is -0.787. The van der Waals surface area contributed by atoms with Crippen molar-refractivity contribution in [3.63, 3.8) is 0 Å². The Morgan fingerprint density at radius 1 is 1.23 bits per heavy atom. The molecule has 0 radical (unpaired) electrons. The monoisotopic (exact) mass is 364 g/mol. The zero-order valence-electron chi connectivity index (χ0n) is 15.6. The number of carbonyl (C=O) groups is 2. The fourth-order valence-corrected chi connectivity index (χ4v) is 3.63. The topological polar surface area (TPSA) is 68.7 Å². The van der Waals surface area contributed by atoms with E-state index in [2.05, 4.69) is 4.98 Å². The van der Waals surface area contributed by atoms with Gasteiger partial charge in [-0.2, -0.15) is 0 Å². The number of carbonyl (C=O) groups excluding carboxylic acids is 2. The third-order valence-corrected chi connectivity index (χ3v) is 4.77. The number of aryl methyl sites for hydroxylation is 1. The van der Waals surface area contributed by atoms with Crippen LogP contribution in [0.5, 0.6) is 0 Å². The molecule has 2 aliphatic rings. The molecule has 2 atom stereocenters. The number of halogens is 1. The summed E-state index contributed by atoms with van der Waals surface area (Å²) in [5.41, 5.74) is -0.0850. The van der Waals surface area contributed by atoms with E-state index in [-0.39, 0.29) is 41.3 Å². The minimum absolute atomic E-state index is 0.103. The van der Waals surface area contributed by atoms with Crippen molar-refractivity contribution in [3.8, 4) is 0 Å². The van der Waals surface area contributed by atoms with Gasteiger partial charge in [0.15, 0.2) is 5.78 Å². The second kappa shape index (κ2) is 6.95. The van der Waals surface area contributed by atoms with Gasteiger partial charge in [0.1, 0.15) is 17.1 Å². The van der Waals surface area contributed by atoms with E-state index in [9.17, 15) is 14.0 Å². The van der Waals surface area contributed by atoms with Gasteiger partial charge in [-0.1, -0.05) is 0 Å².